The number of amides is 1. The number of rotatable bonds is 6. The van der Waals surface area contributed by atoms with Gasteiger partial charge in [-0.2, -0.15) is 5.10 Å². The minimum absolute atomic E-state index is 0.182. The molecule has 2 aromatic carbocycles. The van der Waals surface area contributed by atoms with Gasteiger partial charge in [-0.25, -0.2) is 14.6 Å². The lowest BCUT2D eigenvalue weighted by molar-refractivity contribution is -0.157. The van der Waals surface area contributed by atoms with E-state index in [-0.39, 0.29) is 6.61 Å². The summed E-state index contributed by atoms with van der Waals surface area (Å²) in [6.07, 6.45) is 1.46. The topological polar surface area (TPSA) is 77.0 Å². The van der Waals surface area contributed by atoms with E-state index in [9.17, 15) is 14.0 Å². The first-order valence-corrected chi connectivity index (χ1v) is 8.27. The predicted octanol–water partition coefficient (Wildman–Crippen LogP) is 3.31. The monoisotopic (exact) mass is 372 g/mol. The molecule has 1 N–H and O–H groups in total. The van der Waals surface area contributed by atoms with Crippen LogP contribution < -0.4 is 10.2 Å². The number of hydrazone groups is 1. The quantitative estimate of drug-likeness (QED) is 0.479. The van der Waals surface area contributed by atoms with E-state index in [1.165, 1.54) is 30.5 Å². The number of esters is 1. The number of nitrogens with zero attached hydrogens (tertiary/aromatic N) is 1. The van der Waals surface area contributed by atoms with Crippen LogP contribution in [0, 0.1) is 5.82 Å². The third kappa shape index (κ3) is 7.27. The molecule has 0 saturated carbocycles. The van der Waals surface area contributed by atoms with Crippen molar-refractivity contribution in [3.05, 3.63) is 65.5 Å². The van der Waals surface area contributed by atoms with E-state index in [1.54, 1.807) is 45.0 Å². The van der Waals surface area contributed by atoms with E-state index in [4.69, 9.17) is 9.47 Å². The van der Waals surface area contributed by atoms with Crippen LogP contribution in [0.1, 0.15) is 36.7 Å². The van der Waals surface area contributed by atoms with E-state index >= 15 is 0 Å². The molecule has 0 fully saturated rings. The number of benzene rings is 2. The lowest BCUT2D eigenvalue weighted by Crippen LogP contribution is -2.27. The Balaban J connectivity index is 1.82. The van der Waals surface area contributed by atoms with Crippen LogP contribution in [0.4, 0.5) is 4.39 Å². The van der Waals surface area contributed by atoms with Gasteiger partial charge in [-0.1, -0.05) is 0 Å². The van der Waals surface area contributed by atoms with Crippen LogP contribution >= 0.6 is 0 Å². The maximum absolute atomic E-state index is 12.8. The molecular weight excluding hydrogens is 351 g/mol. The molecule has 2 aromatic rings. The highest BCUT2D eigenvalue weighted by Crippen LogP contribution is 2.12. The SMILES string of the molecule is CC(C)(C)OC(=O)COc1ccc(C=NNC(=O)c2ccc(F)cc2)cc1. The highest BCUT2D eigenvalue weighted by atomic mass is 19.1. The summed E-state index contributed by atoms with van der Waals surface area (Å²) in [7, 11) is 0. The molecule has 0 aliphatic heterocycles. The second-order valence-corrected chi connectivity index (χ2v) is 6.65. The van der Waals surface area contributed by atoms with E-state index in [1.807, 2.05) is 0 Å². The van der Waals surface area contributed by atoms with Crippen molar-refractivity contribution in [3.63, 3.8) is 0 Å². The van der Waals surface area contributed by atoms with E-state index in [0.717, 1.165) is 5.56 Å². The summed E-state index contributed by atoms with van der Waals surface area (Å²) in [5.41, 5.74) is 2.83. The molecule has 27 heavy (non-hydrogen) atoms. The number of halogens is 1. The van der Waals surface area contributed by atoms with Gasteiger partial charge in [-0.05, 0) is 74.9 Å². The fourth-order valence-electron chi connectivity index (χ4n) is 1.99. The molecule has 0 aliphatic carbocycles. The highest BCUT2D eigenvalue weighted by molar-refractivity contribution is 5.94. The highest BCUT2D eigenvalue weighted by Gasteiger charge is 2.16. The summed E-state index contributed by atoms with van der Waals surface area (Å²) in [4.78, 5) is 23.4. The van der Waals surface area contributed by atoms with Gasteiger partial charge in [0.25, 0.3) is 5.91 Å². The zero-order valence-electron chi connectivity index (χ0n) is 15.4. The van der Waals surface area contributed by atoms with Crippen LogP contribution in [0.3, 0.4) is 0 Å². The van der Waals surface area contributed by atoms with Crippen LogP contribution in [0.25, 0.3) is 0 Å². The van der Waals surface area contributed by atoms with E-state index < -0.39 is 23.3 Å². The molecule has 0 atom stereocenters. The Morgan fingerprint density at radius 3 is 2.30 bits per heavy atom. The minimum atomic E-state index is -0.556. The number of nitrogens with one attached hydrogen (secondary N) is 1. The van der Waals surface area contributed by atoms with Crippen molar-refractivity contribution in [2.45, 2.75) is 26.4 Å². The third-order valence-corrected chi connectivity index (χ3v) is 3.14. The van der Waals surface area contributed by atoms with Gasteiger partial charge in [-0.3, -0.25) is 4.79 Å². The van der Waals surface area contributed by atoms with Gasteiger partial charge in [-0.15, -0.1) is 0 Å². The molecule has 0 radical (unpaired) electrons. The summed E-state index contributed by atoms with van der Waals surface area (Å²) in [5.74, 6) is -0.794. The van der Waals surface area contributed by atoms with Gasteiger partial charge >= 0.3 is 5.97 Å². The first-order chi connectivity index (χ1) is 12.7. The standard InChI is InChI=1S/C20H21FN2O4/c1-20(2,3)27-18(24)13-26-17-10-4-14(5-11-17)12-22-23-19(25)15-6-8-16(21)9-7-15/h4-12H,13H2,1-3H3,(H,23,25). The lowest BCUT2D eigenvalue weighted by Gasteiger charge is -2.19. The number of carbonyl (C=O) groups excluding carboxylic acids is 2. The van der Waals surface area contributed by atoms with Gasteiger partial charge in [0.1, 0.15) is 17.2 Å². The maximum Gasteiger partial charge on any atom is 0.344 e. The molecule has 0 aliphatic rings. The zero-order chi connectivity index (χ0) is 19.9. The Kier molecular flexibility index (Phi) is 6.65. The molecule has 0 aromatic heterocycles. The average molecular weight is 372 g/mol. The number of hydrogen-bond acceptors (Lipinski definition) is 5. The summed E-state index contributed by atoms with van der Waals surface area (Å²) < 4.78 is 23.3. The van der Waals surface area contributed by atoms with Crippen molar-refractivity contribution in [1.82, 2.24) is 5.43 Å². The van der Waals surface area contributed by atoms with Gasteiger partial charge in [0.15, 0.2) is 6.61 Å². The van der Waals surface area contributed by atoms with Gasteiger partial charge in [0, 0.05) is 5.56 Å². The molecule has 7 heteroatoms. The smallest absolute Gasteiger partial charge is 0.344 e. The zero-order valence-corrected chi connectivity index (χ0v) is 15.4. The van der Waals surface area contributed by atoms with Crippen LogP contribution in [0.2, 0.25) is 0 Å². The van der Waals surface area contributed by atoms with Crippen molar-refractivity contribution in [2.24, 2.45) is 5.10 Å². The molecule has 0 spiro atoms. The lowest BCUT2D eigenvalue weighted by atomic mass is 10.2. The second-order valence-electron chi connectivity index (χ2n) is 6.65. The fourth-order valence-corrected chi connectivity index (χ4v) is 1.99. The summed E-state index contributed by atoms with van der Waals surface area (Å²) >= 11 is 0. The van der Waals surface area contributed by atoms with Crippen LogP contribution in [0.15, 0.2) is 53.6 Å². The normalized spacial score (nSPS) is 11.3. The second kappa shape index (κ2) is 8.93. The van der Waals surface area contributed by atoms with E-state index in [0.29, 0.717) is 11.3 Å². The van der Waals surface area contributed by atoms with Gasteiger partial charge in [0.05, 0.1) is 6.21 Å². The van der Waals surface area contributed by atoms with Crippen LogP contribution in [0.5, 0.6) is 5.75 Å². The number of ether oxygens (including phenoxy) is 2. The van der Waals surface area contributed by atoms with Gasteiger partial charge < -0.3 is 9.47 Å². The fraction of sp³-hybridized carbons (Fsp3) is 0.250. The Hall–Kier alpha value is -3.22. The van der Waals surface area contributed by atoms with E-state index in [2.05, 4.69) is 10.5 Å². The summed E-state index contributed by atoms with van der Waals surface area (Å²) in [5, 5.41) is 3.85. The maximum atomic E-state index is 12.8. The summed E-state index contributed by atoms with van der Waals surface area (Å²) in [6.45, 7) is 5.17. The number of hydrogen-bond donors (Lipinski definition) is 1. The molecule has 6 nitrogen and oxygen atoms in total. The van der Waals surface area contributed by atoms with Gasteiger partial charge in [0.2, 0.25) is 0 Å². The van der Waals surface area contributed by atoms with Crippen LogP contribution in [-0.4, -0.2) is 30.3 Å². The van der Waals surface area contributed by atoms with Crippen molar-refractivity contribution in [2.75, 3.05) is 6.61 Å². The Bertz CT molecular complexity index is 809. The molecule has 0 saturated heterocycles. The van der Waals surface area contributed by atoms with Crippen LogP contribution in [-0.2, 0) is 9.53 Å². The van der Waals surface area contributed by atoms with Crippen molar-refractivity contribution in [3.8, 4) is 5.75 Å². The molecule has 2 rings (SSSR count). The van der Waals surface area contributed by atoms with Crippen molar-refractivity contribution in [1.29, 1.82) is 0 Å². The first-order valence-electron chi connectivity index (χ1n) is 8.27. The minimum Gasteiger partial charge on any atom is -0.482 e. The molecule has 0 heterocycles. The van der Waals surface area contributed by atoms with Crippen molar-refractivity contribution < 1.29 is 23.5 Å². The molecule has 0 unspecified atom stereocenters. The summed E-state index contributed by atoms with van der Waals surface area (Å²) in [6, 6.07) is 11.9. The third-order valence-electron chi connectivity index (χ3n) is 3.14. The molecule has 142 valence electrons. The number of carbonyl (C=O) groups is 2. The molecule has 1 amide bonds. The Morgan fingerprint density at radius 2 is 1.70 bits per heavy atom. The molecule has 0 bridgehead atoms. The first kappa shape index (κ1) is 20.1. The molecular formula is C20H21FN2O4. The van der Waals surface area contributed by atoms with Crippen molar-refractivity contribution >= 4 is 18.1 Å². The average Bonchev–Trinajstić information content (AvgIpc) is 2.60. The predicted molar refractivity (Wildman–Crippen MR) is 99.2 cm³/mol. The largest absolute Gasteiger partial charge is 0.482 e. The Labute approximate surface area is 157 Å². The Morgan fingerprint density at radius 1 is 1.07 bits per heavy atom.